The van der Waals surface area contributed by atoms with E-state index in [1.165, 1.54) is 25.7 Å². The van der Waals surface area contributed by atoms with E-state index in [4.69, 9.17) is 5.73 Å². The minimum absolute atomic E-state index is 0.101. The average molecular weight is 527 g/mol. The molecule has 1 atom stereocenters. The van der Waals surface area contributed by atoms with Crippen molar-refractivity contribution in [3.8, 4) is 0 Å². The summed E-state index contributed by atoms with van der Waals surface area (Å²) in [5.41, 5.74) is 7.35. The number of benzene rings is 2. The van der Waals surface area contributed by atoms with Crippen LogP contribution in [0.3, 0.4) is 0 Å². The van der Waals surface area contributed by atoms with E-state index in [1.54, 1.807) is 25.1 Å². The molecule has 2 amide bonds. The Hall–Kier alpha value is -2.91. The molecule has 2 aromatic carbocycles. The molecule has 0 bridgehead atoms. The summed E-state index contributed by atoms with van der Waals surface area (Å²) in [7, 11) is -3.94. The fourth-order valence-corrected chi connectivity index (χ4v) is 6.92. The highest BCUT2D eigenvalue weighted by molar-refractivity contribution is 7.89. The zero-order valence-electron chi connectivity index (χ0n) is 21.5. The Morgan fingerprint density at radius 2 is 1.70 bits per heavy atom. The Labute approximate surface area is 220 Å². The first-order valence-electron chi connectivity index (χ1n) is 13.3. The summed E-state index contributed by atoms with van der Waals surface area (Å²) in [5, 5.41) is 2.90. The predicted octanol–water partition coefficient (Wildman–Crippen LogP) is 4.34. The van der Waals surface area contributed by atoms with Crippen molar-refractivity contribution in [2.24, 2.45) is 17.6 Å². The Bertz CT molecular complexity index is 1190. The Morgan fingerprint density at radius 1 is 1.03 bits per heavy atom. The highest BCUT2D eigenvalue weighted by Gasteiger charge is 2.29. The molecule has 2 fully saturated rings. The smallest absolute Gasteiger partial charge is 0.243 e. The summed E-state index contributed by atoms with van der Waals surface area (Å²) < 4.78 is 30.1. The second-order valence-corrected chi connectivity index (χ2v) is 12.0. The van der Waals surface area contributed by atoms with Crippen molar-refractivity contribution in [3.05, 3.63) is 54.1 Å². The van der Waals surface area contributed by atoms with Crippen LogP contribution in [0.4, 0.5) is 11.4 Å². The lowest BCUT2D eigenvalue weighted by Crippen LogP contribution is -2.39. The van der Waals surface area contributed by atoms with Crippen molar-refractivity contribution in [3.63, 3.8) is 0 Å². The van der Waals surface area contributed by atoms with Crippen molar-refractivity contribution >= 4 is 33.2 Å². The third-order valence-corrected chi connectivity index (χ3v) is 9.23. The lowest BCUT2D eigenvalue weighted by atomic mass is 9.96. The topological polar surface area (TPSA) is 122 Å². The Balaban J connectivity index is 1.55. The largest absolute Gasteiger partial charge is 0.370 e. The van der Waals surface area contributed by atoms with Crippen LogP contribution in [0.2, 0.25) is 0 Å². The van der Waals surface area contributed by atoms with Crippen molar-refractivity contribution in [2.45, 2.75) is 69.2 Å². The van der Waals surface area contributed by atoms with E-state index in [1.807, 2.05) is 35.2 Å². The van der Waals surface area contributed by atoms with E-state index < -0.39 is 16.1 Å². The van der Waals surface area contributed by atoms with Crippen molar-refractivity contribution in [2.75, 3.05) is 23.3 Å². The highest BCUT2D eigenvalue weighted by atomic mass is 32.2. The first kappa shape index (κ1) is 27.1. The lowest BCUT2D eigenvalue weighted by molar-refractivity contribution is -0.122. The molecule has 37 heavy (non-hydrogen) atoms. The predicted molar refractivity (Wildman–Crippen MR) is 146 cm³/mol. The SMILES string of the molecule is C[C@H](NS(=O)(=O)c1cc(NC(=O)CCC2CCCC2)ccc1N1CCC(C(N)=O)CC1)c1ccccc1. The van der Waals surface area contributed by atoms with Gasteiger partial charge in [-0.1, -0.05) is 56.0 Å². The van der Waals surface area contributed by atoms with Crippen LogP contribution in [0.1, 0.15) is 69.9 Å². The van der Waals surface area contributed by atoms with Gasteiger partial charge in [0.15, 0.2) is 0 Å². The molecule has 4 rings (SSSR count). The van der Waals surface area contributed by atoms with Crippen LogP contribution < -0.4 is 20.7 Å². The Kier molecular flexibility index (Phi) is 8.87. The molecule has 0 unspecified atom stereocenters. The van der Waals surface area contributed by atoms with Gasteiger partial charge in [-0.2, -0.15) is 0 Å². The maximum atomic E-state index is 13.7. The third kappa shape index (κ3) is 7.11. The second-order valence-electron chi connectivity index (χ2n) is 10.3. The molecular weight excluding hydrogens is 488 g/mol. The van der Waals surface area contributed by atoms with Gasteiger partial charge < -0.3 is 16.0 Å². The van der Waals surface area contributed by atoms with Crippen molar-refractivity contribution in [1.29, 1.82) is 0 Å². The minimum atomic E-state index is -3.94. The maximum absolute atomic E-state index is 13.7. The van der Waals surface area contributed by atoms with Gasteiger partial charge in [-0.05, 0) is 55.9 Å². The number of carbonyl (C=O) groups is 2. The number of nitrogens with zero attached hydrogens (tertiary/aromatic N) is 1. The first-order chi connectivity index (χ1) is 17.7. The van der Waals surface area contributed by atoms with E-state index in [0.29, 0.717) is 49.6 Å². The summed E-state index contributed by atoms with van der Waals surface area (Å²) in [6.45, 7) is 2.86. The fraction of sp³-hybridized carbons (Fsp3) is 0.500. The van der Waals surface area contributed by atoms with Crippen LogP contribution in [0.25, 0.3) is 0 Å². The number of amides is 2. The maximum Gasteiger partial charge on any atom is 0.243 e. The number of hydrogen-bond acceptors (Lipinski definition) is 5. The summed E-state index contributed by atoms with van der Waals surface area (Å²) in [4.78, 5) is 26.4. The number of rotatable bonds is 10. The van der Waals surface area contributed by atoms with E-state index in [2.05, 4.69) is 10.0 Å². The van der Waals surface area contributed by atoms with Gasteiger partial charge in [-0.3, -0.25) is 9.59 Å². The van der Waals surface area contributed by atoms with Gasteiger partial charge in [-0.25, -0.2) is 13.1 Å². The van der Waals surface area contributed by atoms with Gasteiger partial charge in [0, 0.05) is 37.2 Å². The van der Waals surface area contributed by atoms with Gasteiger partial charge >= 0.3 is 0 Å². The fourth-order valence-electron chi connectivity index (χ4n) is 5.44. The summed E-state index contributed by atoms with van der Waals surface area (Å²) in [5.74, 6) is -0.0144. The third-order valence-electron chi connectivity index (χ3n) is 7.66. The molecule has 2 aromatic rings. The van der Waals surface area contributed by atoms with Crippen LogP contribution in [0.5, 0.6) is 0 Å². The van der Waals surface area contributed by atoms with Gasteiger partial charge in [0.2, 0.25) is 21.8 Å². The van der Waals surface area contributed by atoms with Crippen LogP contribution >= 0.6 is 0 Å². The quantitative estimate of drug-likeness (QED) is 0.425. The first-order valence-corrected chi connectivity index (χ1v) is 14.8. The molecule has 1 aliphatic carbocycles. The van der Waals surface area contributed by atoms with Crippen molar-refractivity contribution in [1.82, 2.24) is 4.72 Å². The molecule has 0 aromatic heterocycles. The van der Waals surface area contributed by atoms with Crippen LogP contribution in [0.15, 0.2) is 53.4 Å². The molecule has 0 radical (unpaired) electrons. The standard InChI is InChI=1S/C28H38N4O4S/c1-20(22-9-3-2-4-10-22)31-37(35,36)26-19-24(30-27(33)14-11-21-7-5-6-8-21)12-13-25(26)32-17-15-23(16-18-32)28(29)34/h2-4,9-10,12-13,19-21,23,31H,5-8,11,14-18H2,1H3,(H2,29,34)(H,30,33)/t20-/m0/s1. The summed E-state index contributed by atoms with van der Waals surface area (Å²) in [6, 6.07) is 14.0. The molecule has 2 aliphatic rings. The molecule has 0 spiro atoms. The zero-order valence-corrected chi connectivity index (χ0v) is 22.3. The molecule has 1 aliphatic heterocycles. The van der Waals surface area contributed by atoms with Crippen molar-refractivity contribution < 1.29 is 18.0 Å². The highest BCUT2D eigenvalue weighted by Crippen LogP contribution is 2.33. The second kappa shape index (κ2) is 12.1. The Morgan fingerprint density at radius 3 is 2.35 bits per heavy atom. The molecule has 9 heteroatoms. The molecule has 4 N–H and O–H groups in total. The number of sulfonamides is 1. The van der Waals surface area contributed by atoms with E-state index in [9.17, 15) is 18.0 Å². The minimum Gasteiger partial charge on any atom is -0.370 e. The average Bonchev–Trinajstić information content (AvgIpc) is 3.42. The van der Waals surface area contributed by atoms with E-state index >= 15 is 0 Å². The number of piperidine rings is 1. The number of nitrogens with two attached hydrogens (primary N) is 1. The zero-order chi connectivity index (χ0) is 26.4. The molecular formula is C28H38N4O4S. The molecule has 8 nitrogen and oxygen atoms in total. The van der Waals surface area contributed by atoms with Gasteiger partial charge in [0.25, 0.3) is 0 Å². The molecule has 200 valence electrons. The van der Waals surface area contributed by atoms with Crippen LogP contribution in [-0.2, 0) is 19.6 Å². The number of anilines is 2. The number of carbonyl (C=O) groups excluding carboxylic acids is 2. The van der Waals surface area contributed by atoms with E-state index in [0.717, 1.165) is 12.0 Å². The lowest BCUT2D eigenvalue weighted by Gasteiger charge is -2.33. The number of primary amides is 1. The summed E-state index contributed by atoms with van der Waals surface area (Å²) in [6.07, 6.45) is 7.27. The monoisotopic (exact) mass is 526 g/mol. The van der Waals surface area contributed by atoms with Crippen LogP contribution in [0, 0.1) is 11.8 Å². The van der Waals surface area contributed by atoms with Gasteiger partial charge in [0.1, 0.15) is 4.90 Å². The molecule has 1 saturated heterocycles. The molecule has 1 saturated carbocycles. The number of hydrogen-bond donors (Lipinski definition) is 3. The van der Waals surface area contributed by atoms with Crippen LogP contribution in [-0.4, -0.2) is 33.3 Å². The van der Waals surface area contributed by atoms with Gasteiger partial charge in [-0.15, -0.1) is 0 Å². The van der Waals surface area contributed by atoms with E-state index in [-0.39, 0.29) is 22.6 Å². The molecule has 1 heterocycles. The normalized spacial score (nSPS) is 18.0. The van der Waals surface area contributed by atoms with Gasteiger partial charge in [0.05, 0.1) is 5.69 Å². The summed E-state index contributed by atoms with van der Waals surface area (Å²) >= 11 is 0. The number of nitrogens with one attached hydrogen (secondary N) is 2.